The minimum absolute atomic E-state index is 0.175. The van der Waals surface area contributed by atoms with Gasteiger partial charge in [-0.05, 0) is 25.1 Å². The predicted octanol–water partition coefficient (Wildman–Crippen LogP) is 1.87. The Balaban J connectivity index is 1.27. The van der Waals surface area contributed by atoms with E-state index in [4.69, 9.17) is 9.57 Å². The number of cyclic esters (lactones) is 1. The second-order valence-electron chi connectivity index (χ2n) is 8.89. The summed E-state index contributed by atoms with van der Waals surface area (Å²) in [6.45, 7) is 6.06. The van der Waals surface area contributed by atoms with Crippen LogP contribution in [-0.2, 0) is 19.2 Å². The van der Waals surface area contributed by atoms with E-state index >= 15 is 4.39 Å². The Morgan fingerprint density at radius 2 is 2.03 bits per heavy atom. The molecule has 2 aliphatic heterocycles. The van der Waals surface area contributed by atoms with Crippen LogP contribution in [0.2, 0.25) is 0 Å². The Labute approximate surface area is 223 Å². The molecule has 204 valence electrons. The second-order valence-corrected chi connectivity index (χ2v) is 9.92. The van der Waals surface area contributed by atoms with Crippen molar-refractivity contribution in [2.75, 3.05) is 68.0 Å². The standard InChI is InChI=1S/C24H30FN7O5S/c1-15(29-36-3)21-12-27-23(38-21)28-22(34)14-30-6-8-31(9-7-30)20-5-4-17(10-19(20)25)32-13-18(37-24(32)35)11-26-16(2)33/h4-5,10,12,18H,6-9,11,13-14H2,1-3H3,(H,26,33)(H,27,28,34)/b29-15+/t18-/m0/s1. The number of carbonyl (C=O) groups is 3. The number of aromatic nitrogens is 1. The van der Waals surface area contributed by atoms with Crippen LogP contribution in [0.25, 0.3) is 0 Å². The summed E-state index contributed by atoms with van der Waals surface area (Å²) in [6.07, 6.45) is 0.561. The van der Waals surface area contributed by atoms with Gasteiger partial charge < -0.3 is 25.1 Å². The predicted molar refractivity (Wildman–Crippen MR) is 141 cm³/mol. The maximum Gasteiger partial charge on any atom is 0.414 e. The van der Waals surface area contributed by atoms with E-state index in [0.717, 1.165) is 4.88 Å². The molecule has 0 saturated carbocycles. The lowest BCUT2D eigenvalue weighted by Gasteiger charge is -2.36. The van der Waals surface area contributed by atoms with Crippen LogP contribution in [0.5, 0.6) is 0 Å². The molecule has 2 saturated heterocycles. The van der Waals surface area contributed by atoms with Crippen molar-refractivity contribution in [1.82, 2.24) is 15.2 Å². The number of hydrogen-bond donors (Lipinski definition) is 2. The van der Waals surface area contributed by atoms with E-state index in [2.05, 4.69) is 20.8 Å². The summed E-state index contributed by atoms with van der Waals surface area (Å²) in [7, 11) is 1.47. The number of halogens is 1. The zero-order chi connectivity index (χ0) is 27.2. The molecule has 3 amide bonds. The van der Waals surface area contributed by atoms with E-state index < -0.39 is 18.0 Å². The molecule has 1 aromatic heterocycles. The molecule has 4 rings (SSSR count). The molecule has 2 aromatic rings. The molecule has 0 spiro atoms. The summed E-state index contributed by atoms with van der Waals surface area (Å²) in [5, 5.41) is 9.77. The van der Waals surface area contributed by atoms with Crippen molar-refractivity contribution in [2.24, 2.45) is 5.16 Å². The Hall–Kier alpha value is -3.78. The molecule has 0 aliphatic carbocycles. The van der Waals surface area contributed by atoms with Gasteiger partial charge in [-0.15, -0.1) is 0 Å². The molecule has 0 radical (unpaired) electrons. The van der Waals surface area contributed by atoms with E-state index in [0.29, 0.717) is 48.4 Å². The summed E-state index contributed by atoms with van der Waals surface area (Å²) in [4.78, 5) is 50.9. The first-order chi connectivity index (χ1) is 18.2. The van der Waals surface area contributed by atoms with Crippen LogP contribution in [0.3, 0.4) is 0 Å². The van der Waals surface area contributed by atoms with Crippen LogP contribution in [-0.4, -0.2) is 92.5 Å². The first-order valence-electron chi connectivity index (χ1n) is 12.1. The Kier molecular flexibility index (Phi) is 8.73. The number of amides is 3. The van der Waals surface area contributed by atoms with Gasteiger partial charge >= 0.3 is 6.09 Å². The van der Waals surface area contributed by atoms with Crippen molar-refractivity contribution in [2.45, 2.75) is 20.0 Å². The number of oxime groups is 1. The maximum absolute atomic E-state index is 15.0. The largest absolute Gasteiger partial charge is 0.442 e. The molecule has 38 heavy (non-hydrogen) atoms. The van der Waals surface area contributed by atoms with E-state index in [1.807, 2.05) is 9.80 Å². The fourth-order valence-electron chi connectivity index (χ4n) is 4.21. The molecular formula is C24H30FN7O5S. The van der Waals surface area contributed by atoms with E-state index in [1.165, 1.54) is 36.3 Å². The molecule has 12 nitrogen and oxygen atoms in total. The van der Waals surface area contributed by atoms with Crippen LogP contribution in [0.1, 0.15) is 18.7 Å². The van der Waals surface area contributed by atoms with Crippen molar-refractivity contribution >= 4 is 51.5 Å². The van der Waals surface area contributed by atoms with Gasteiger partial charge in [-0.1, -0.05) is 16.5 Å². The highest BCUT2D eigenvalue weighted by Gasteiger charge is 2.33. The van der Waals surface area contributed by atoms with Crippen molar-refractivity contribution in [3.63, 3.8) is 0 Å². The number of carbonyl (C=O) groups excluding carboxylic acids is 3. The third-order valence-corrected chi connectivity index (χ3v) is 7.13. The van der Waals surface area contributed by atoms with Crippen LogP contribution in [0.15, 0.2) is 29.6 Å². The highest BCUT2D eigenvalue weighted by molar-refractivity contribution is 7.17. The lowest BCUT2D eigenvalue weighted by atomic mass is 10.2. The molecule has 2 fully saturated rings. The fourth-order valence-corrected chi connectivity index (χ4v) is 4.98. The van der Waals surface area contributed by atoms with Crippen molar-refractivity contribution in [3.8, 4) is 0 Å². The number of piperazine rings is 1. The smallest absolute Gasteiger partial charge is 0.414 e. The van der Waals surface area contributed by atoms with Crippen LogP contribution >= 0.6 is 11.3 Å². The third kappa shape index (κ3) is 6.75. The number of thiazole rings is 1. The van der Waals surface area contributed by atoms with E-state index in [9.17, 15) is 14.4 Å². The molecule has 2 aliphatic rings. The number of nitrogens with one attached hydrogen (secondary N) is 2. The molecule has 2 N–H and O–H groups in total. The van der Waals surface area contributed by atoms with Gasteiger partial charge in [-0.3, -0.25) is 19.4 Å². The summed E-state index contributed by atoms with van der Waals surface area (Å²) in [6, 6.07) is 4.65. The topological polar surface area (TPSA) is 129 Å². The van der Waals surface area contributed by atoms with Gasteiger partial charge in [-0.2, -0.15) is 0 Å². The third-order valence-electron chi connectivity index (χ3n) is 6.11. The minimum atomic E-state index is -0.577. The lowest BCUT2D eigenvalue weighted by molar-refractivity contribution is -0.119. The number of anilines is 3. The highest BCUT2D eigenvalue weighted by atomic mass is 32.1. The quantitative estimate of drug-likeness (QED) is 0.360. The van der Waals surface area contributed by atoms with Gasteiger partial charge in [0.25, 0.3) is 0 Å². The van der Waals surface area contributed by atoms with Gasteiger partial charge in [-0.25, -0.2) is 14.2 Å². The molecule has 0 unspecified atom stereocenters. The molecule has 0 bridgehead atoms. The van der Waals surface area contributed by atoms with Crippen LogP contribution < -0.4 is 20.4 Å². The average Bonchev–Trinajstić information content (AvgIpc) is 3.50. The van der Waals surface area contributed by atoms with Crippen molar-refractivity contribution < 1.29 is 28.3 Å². The van der Waals surface area contributed by atoms with Gasteiger partial charge in [0.1, 0.15) is 19.0 Å². The molecule has 3 heterocycles. The van der Waals surface area contributed by atoms with E-state index in [-0.39, 0.29) is 31.4 Å². The zero-order valence-corrected chi connectivity index (χ0v) is 22.2. The van der Waals surface area contributed by atoms with Gasteiger partial charge in [0.15, 0.2) is 5.13 Å². The number of rotatable bonds is 9. The fraction of sp³-hybridized carbons (Fsp3) is 0.458. The Morgan fingerprint density at radius 3 is 2.71 bits per heavy atom. The molecule has 1 atom stereocenters. The first-order valence-corrected chi connectivity index (χ1v) is 12.9. The highest BCUT2D eigenvalue weighted by Crippen LogP contribution is 2.28. The average molecular weight is 548 g/mol. The number of ether oxygens (including phenoxy) is 1. The normalized spacial score (nSPS) is 18.4. The first kappa shape index (κ1) is 27.3. The number of benzene rings is 1. The van der Waals surface area contributed by atoms with Gasteiger partial charge in [0.2, 0.25) is 11.8 Å². The SMILES string of the molecule is CO/N=C(\C)c1cnc(NC(=O)CN2CCN(c3ccc(N4C[C@H](CNC(C)=O)OC4=O)cc3F)CC2)s1. The summed E-state index contributed by atoms with van der Waals surface area (Å²) >= 11 is 1.31. The monoisotopic (exact) mass is 547 g/mol. The summed E-state index contributed by atoms with van der Waals surface area (Å²) in [5.41, 5.74) is 1.50. The van der Waals surface area contributed by atoms with Gasteiger partial charge in [0.05, 0.1) is 41.6 Å². The van der Waals surface area contributed by atoms with Crippen molar-refractivity contribution in [1.29, 1.82) is 0 Å². The van der Waals surface area contributed by atoms with Gasteiger partial charge in [0, 0.05) is 39.3 Å². The second kappa shape index (κ2) is 12.2. The Bertz CT molecular complexity index is 1210. The van der Waals surface area contributed by atoms with Crippen LogP contribution in [0.4, 0.5) is 25.7 Å². The summed E-state index contributed by atoms with van der Waals surface area (Å²) < 4.78 is 20.3. The zero-order valence-electron chi connectivity index (χ0n) is 21.4. The maximum atomic E-state index is 15.0. The number of nitrogens with zero attached hydrogens (tertiary/aromatic N) is 5. The van der Waals surface area contributed by atoms with Crippen molar-refractivity contribution in [3.05, 3.63) is 35.1 Å². The lowest BCUT2D eigenvalue weighted by Crippen LogP contribution is -2.49. The van der Waals surface area contributed by atoms with Crippen LogP contribution in [0, 0.1) is 5.82 Å². The molecular weight excluding hydrogens is 517 g/mol. The molecule has 1 aromatic carbocycles. The molecule has 14 heteroatoms. The Morgan fingerprint density at radius 1 is 1.26 bits per heavy atom. The van der Waals surface area contributed by atoms with E-state index in [1.54, 1.807) is 25.3 Å². The summed E-state index contributed by atoms with van der Waals surface area (Å²) in [5.74, 6) is -0.836. The minimum Gasteiger partial charge on any atom is -0.442 e. The number of hydrogen-bond acceptors (Lipinski definition) is 10.